The van der Waals surface area contributed by atoms with Crippen LogP contribution in [0.4, 0.5) is 0 Å². The molecule has 2 saturated heterocycles. The molecule has 4 aliphatic rings. The number of carbonyl (C=O) groups is 1. The first kappa shape index (κ1) is 16.5. The molecule has 0 aromatic carbocycles. The average molecular weight is 340 g/mol. The second kappa shape index (κ2) is 4.80. The van der Waals surface area contributed by atoms with Crippen LogP contribution in [-0.2, 0) is 19.0 Å². The van der Waals surface area contributed by atoms with E-state index in [2.05, 4.69) is 0 Å². The molecule has 3 fully saturated rings. The van der Waals surface area contributed by atoms with Gasteiger partial charge in [0.25, 0.3) is 0 Å². The summed E-state index contributed by atoms with van der Waals surface area (Å²) in [4.78, 5) is 11.6. The number of rotatable bonds is 2. The maximum atomic E-state index is 11.6. The van der Waals surface area contributed by atoms with Crippen molar-refractivity contribution < 1.29 is 34.3 Å². The third kappa shape index (κ3) is 1.62. The molecule has 2 bridgehead atoms. The Morgan fingerprint density at radius 1 is 1.46 bits per heavy atom. The number of esters is 1. The number of hydrogen-bond donors (Lipinski definition) is 3. The van der Waals surface area contributed by atoms with Gasteiger partial charge in [0.05, 0.1) is 30.8 Å². The van der Waals surface area contributed by atoms with Crippen LogP contribution in [0, 0.1) is 10.8 Å². The summed E-state index contributed by atoms with van der Waals surface area (Å²) >= 11 is 0. The number of ether oxygens (including phenoxy) is 3. The molecule has 2 aliphatic heterocycles. The Morgan fingerprint density at radius 3 is 2.67 bits per heavy atom. The summed E-state index contributed by atoms with van der Waals surface area (Å²) in [6.45, 7) is 5.09. The lowest BCUT2D eigenvalue weighted by molar-refractivity contribution is -0.236. The first-order valence-electron chi connectivity index (χ1n) is 8.35. The summed E-state index contributed by atoms with van der Waals surface area (Å²) in [5, 5.41) is 31.6. The molecule has 4 rings (SSSR count). The quantitative estimate of drug-likeness (QED) is 0.354. The third-order valence-corrected chi connectivity index (χ3v) is 6.93. The largest absolute Gasteiger partial charge is 0.459 e. The zero-order chi connectivity index (χ0) is 17.5. The molecule has 0 radical (unpaired) electrons. The van der Waals surface area contributed by atoms with Gasteiger partial charge >= 0.3 is 5.97 Å². The SMILES string of the molecule is CC(=O)O[C@@H]1[C@@H](O)[C@H]2O[C@@H]3C=C(C)[C@@H](O)C[C@]3(CO)[C@]1(C)[C@@]21CO1. The molecule has 7 nitrogen and oxygen atoms in total. The molecule has 24 heavy (non-hydrogen) atoms. The van der Waals surface area contributed by atoms with Crippen molar-refractivity contribution >= 4 is 5.97 Å². The molecule has 0 amide bonds. The van der Waals surface area contributed by atoms with E-state index in [0.29, 0.717) is 6.61 Å². The summed E-state index contributed by atoms with van der Waals surface area (Å²) in [7, 11) is 0. The Morgan fingerprint density at radius 2 is 2.12 bits per heavy atom. The number of carbonyl (C=O) groups excluding carboxylic acids is 1. The van der Waals surface area contributed by atoms with Crippen LogP contribution in [0.1, 0.15) is 27.2 Å². The van der Waals surface area contributed by atoms with Crippen LogP contribution >= 0.6 is 0 Å². The van der Waals surface area contributed by atoms with Crippen molar-refractivity contribution in [3.8, 4) is 0 Å². The molecule has 0 aromatic rings. The minimum Gasteiger partial charge on any atom is -0.459 e. The van der Waals surface area contributed by atoms with Gasteiger partial charge in [-0.2, -0.15) is 0 Å². The van der Waals surface area contributed by atoms with Crippen molar-refractivity contribution in [2.45, 2.75) is 63.3 Å². The normalized spacial score (nSPS) is 55.1. The van der Waals surface area contributed by atoms with Gasteiger partial charge in [0.15, 0.2) is 0 Å². The lowest BCUT2D eigenvalue weighted by Crippen LogP contribution is -2.67. The van der Waals surface area contributed by atoms with Gasteiger partial charge in [-0.15, -0.1) is 0 Å². The highest BCUT2D eigenvalue weighted by molar-refractivity contribution is 5.66. The molecule has 3 N–H and O–H groups in total. The van der Waals surface area contributed by atoms with Crippen molar-refractivity contribution in [1.29, 1.82) is 0 Å². The van der Waals surface area contributed by atoms with E-state index in [0.717, 1.165) is 5.57 Å². The number of fused-ring (bicyclic) bond motifs is 2. The van der Waals surface area contributed by atoms with E-state index in [1.165, 1.54) is 6.92 Å². The van der Waals surface area contributed by atoms with Crippen LogP contribution in [0.3, 0.4) is 0 Å². The van der Waals surface area contributed by atoms with Crippen LogP contribution in [-0.4, -0.2) is 70.6 Å². The third-order valence-electron chi connectivity index (χ3n) is 6.93. The fraction of sp³-hybridized carbons (Fsp3) is 0.824. The molecule has 2 aliphatic carbocycles. The van der Waals surface area contributed by atoms with Gasteiger partial charge in [-0.3, -0.25) is 4.79 Å². The molecular weight excluding hydrogens is 316 g/mol. The first-order valence-corrected chi connectivity index (χ1v) is 8.35. The summed E-state index contributed by atoms with van der Waals surface area (Å²) in [5.41, 5.74) is -1.80. The Hall–Kier alpha value is -0.990. The van der Waals surface area contributed by atoms with Gasteiger partial charge in [0.1, 0.15) is 23.9 Å². The predicted octanol–water partition coefficient (Wildman–Crippen LogP) is -0.475. The van der Waals surface area contributed by atoms with Gasteiger partial charge in [-0.25, -0.2) is 0 Å². The molecule has 7 heteroatoms. The summed E-state index contributed by atoms with van der Waals surface area (Å²) in [6.07, 6.45) is -1.66. The van der Waals surface area contributed by atoms with Gasteiger partial charge < -0.3 is 29.5 Å². The van der Waals surface area contributed by atoms with Crippen LogP contribution < -0.4 is 0 Å². The van der Waals surface area contributed by atoms with Crippen LogP contribution in [0.25, 0.3) is 0 Å². The summed E-state index contributed by atoms with van der Waals surface area (Å²) < 4.78 is 17.4. The second-order valence-electron chi connectivity index (χ2n) is 7.82. The van der Waals surface area contributed by atoms with Crippen molar-refractivity contribution in [2.75, 3.05) is 13.2 Å². The van der Waals surface area contributed by atoms with E-state index < -0.39 is 52.9 Å². The van der Waals surface area contributed by atoms with E-state index in [4.69, 9.17) is 14.2 Å². The minimum absolute atomic E-state index is 0.259. The standard InChI is InChI=1S/C17H24O7/c1-8-4-11-16(6-18,5-10(8)20)15(3)13(23-9(2)19)12(21)14(24-11)17(15)7-22-17/h4,10-14,18,20-21H,5-7H2,1-3H3/t10-,11+,12+,13+,14+,15+,16+,17+/m0/s1. The number of epoxide rings is 1. The Balaban J connectivity index is 1.90. The molecule has 0 aromatic heterocycles. The fourth-order valence-electron chi connectivity index (χ4n) is 5.40. The highest BCUT2D eigenvalue weighted by Gasteiger charge is 2.85. The molecule has 134 valence electrons. The van der Waals surface area contributed by atoms with Crippen LogP contribution in [0.15, 0.2) is 11.6 Å². The maximum absolute atomic E-state index is 11.6. The van der Waals surface area contributed by atoms with Crippen molar-refractivity contribution in [3.05, 3.63) is 11.6 Å². The zero-order valence-corrected chi connectivity index (χ0v) is 14.1. The molecule has 1 spiro atoms. The molecule has 1 saturated carbocycles. The van der Waals surface area contributed by atoms with E-state index in [-0.39, 0.29) is 13.0 Å². The molecule has 0 unspecified atom stereocenters. The zero-order valence-electron chi connectivity index (χ0n) is 14.1. The van der Waals surface area contributed by atoms with Crippen molar-refractivity contribution in [2.24, 2.45) is 10.8 Å². The monoisotopic (exact) mass is 340 g/mol. The maximum Gasteiger partial charge on any atom is 0.303 e. The first-order chi connectivity index (χ1) is 11.2. The van der Waals surface area contributed by atoms with Crippen molar-refractivity contribution in [1.82, 2.24) is 0 Å². The summed E-state index contributed by atoms with van der Waals surface area (Å²) in [6, 6.07) is 0. The van der Waals surface area contributed by atoms with Gasteiger partial charge in [-0.05, 0) is 18.9 Å². The van der Waals surface area contributed by atoms with Crippen molar-refractivity contribution in [3.63, 3.8) is 0 Å². The van der Waals surface area contributed by atoms with E-state index >= 15 is 0 Å². The minimum atomic E-state index is -1.04. The summed E-state index contributed by atoms with van der Waals surface area (Å²) in [5.74, 6) is -0.503. The number of aliphatic hydroxyl groups excluding tert-OH is 3. The van der Waals surface area contributed by atoms with E-state index in [1.54, 1.807) is 0 Å². The highest BCUT2D eigenvalue weighted by atomic mass is 16.7. The van der Waals surface area contributed by atoms with Crippen LogP contribution in [0.2, 0.25) is 0 Å². The van der Waals surface area contributed by atoms with E-state index in [1.807, 2.05) is 19.9 Å². The lowest BCUT2D eigenvalue weighted by Gasteiger charge is -2.58. The Bertz CT molecular complexity index is 612. The lowest BCUT2D eigenvalue weighted by atomic mass is 9.51. The fourth-order valence-corrected chi connectivity index (χ4v) is 5.40. The van der Waals surface area contributed by atoms with Crippen LogP contribution in [0.5, 0.6) is 0 Å². The van der Waals surface area contributed by atoms with E-state index in [9.17, 15) is 20.1 Å². The number of aliphatic hydroxyl groups is 3. The predicted molar refractivity (Wildman–Crippen MR) is 80.9 cm³/mol. The molecular formula is C17H24O7. The smallest absolute Gasteiger partial charge is 0.303 e. The van der Waals surface area contributed by atoms with Gasteiger partial charge in [0.2, 0.25) is 0 Å². The second-order valence-corrected chi connectivity index (χ2v) is 7.82. The number of hydrogen-bond acceptors (Lipinski definition) is 7. The van der Waals surface area contributed by atoms with Gasteiger partial charge in [-0.1, -0.05) is 13.0 Å². The van der Waals surface area contributed by atoms with Gasteiger partial charge in [0, 0.05) is 12.3 Å². The molecule has 2 heterocycles. The average Bonchev–Trinajstić information content (AvgIpc) is 3.30. The Labute approximate surface area is 140 Å². The topological polar surface area (TPSA) is 109 Å². The highest BCUT2D eigenvalue weighted by Crippen LogP contribution is 2.71. The molecule has 8 atom stereocenters. The Kier molecular flexibility index (Phi) is 3.29.